The lowest BCUT2D eigenvalue weighted by Gasteiger charge is -2.39. The van der Waals surface area contributed by atoms with Crippen molar-refractivity contribution in [3.63, 3.8) is 0 Å². The minimum atomic E-state index is -1.11. The van der Waals surface area contributed by atoms with Crippen LogP contribution in [0.1, 0.15) is 68.3 Å². The quantitative estimate of drug-likeness (QED) is 0.519. The Morgan fingerprint density at radius 3 is 2.29 bits per heavy atom. The number of methoxy groups -OCH3 is 2. The molecule has 182 valence electrons. The second kappa shape index (κ2) is 9.69. The maximum Gasteiger partial charge on any atom is 0.312 e. The smallest absolute Gasteiger partial charge is 0.312 e. The molecule has 0 bridgehead atoms. The number of benzene rings is 2. The number of aliphatic carboxylic acids is 1. The van der Waals surface area contributed by atoms with Crippen LogP contribution in [0.3, 0.4) is 0 Å². The molecule has 1 fully saturated rings. The van der Waals surface area contributed by atoms with E-state index in [4.69, 9.17) is 14.2 Å². The van der Waals surface area contributed by atoms with Crippen LogP contribution in [0.15, 0.2) is 30.3 Å². The van der Waals surface area contributed by atoms with Gasteiger partial charge in [0.2, 0.25) is 5.75 Å². The van der Waals surface area contributed by atoms with Gasteiger partial charge >= 0.3 is 5.97 Å². The molecule has 0 radical (unpaired) electrons. The van der Waals surface area contributed by atoms with Crippen molar-refractivity contribution >= 4 is 11.8 Å². The molecule has 0 saturated heterocycles. The van der Waals surface area contributed by atoms with Crippen LogP contribution in [-0.4, -0.2) is 37.2 Å². The number of fused-ring (bicyclic) bond motifs is 1. The first-order chi connectivity index (χ1) is 16.3. The number of hydrogen-bond donors (Lipinski definition) is 1. The normalized spacial score (nSPS) is 17.2. The van der Waals surface area contributed by atoms with Gasteiger partial charge < -0.3 is 19.3 Å². The number of rotatable bonds is 8. The number of carboxylic acid groups (broad SMARTS) is 1. The van der Waals surface area contributed by atoms with Gasteiger partial charge in [0.15, 0.2) is 17.3 Å². The Morgan fingerprint density at radius 1 is 0.941 bits per heavy atom. The van der Waals surface area contributed by atoms with E-state index in [0.29, 0.717) is 30.1 Å². The van der Waals surface area contributed by atoms with Crippen molar-refractivity contribution in [3.8, 4) is 28.4 Å². The molecule has 0 aliphatic heterocycles. The van der Waals surface area contributed by atoms with Gasteiger partial charge in [-0.2, -0.15) is 0 Å². The minimum Gasteiger partial charge on any atom is -0.493 e. The fourth-order valence-electron chi connectivity index (χ4n) is 5.49. The molecule has 0 spiro atoms. The molecule has 1 N–H and O–H groups in total. The molecule has 2 aliphatic carbocycles. The lowest BCUT2D eigenvalue weighted by atomic mass is 9.73. The summed E-state index contributed by atoms with van der Waals surface area (Å²) in [7, 11) is 3.13. The zero-order valence-corrected chi connectivity index (χ0v) is 20.5. The van der Waals surface area contributed by atoms with E-state index in [1.807, 2.05) is 30.3 Å². The molecule has 0 aromatic heterocycles. The Labute approximate surface area is 201 Å². The summed E-state index contributed by atoms with van der Waals surface area (Å²) in [5.74, 6) is 0.792. The van der Waals surface area contributed by atoms with Crippen LogP contribution in [0.5, 0.6) is 17.2 Å². The van der Waals surface area contributed by atoms with Crippen molar-refractivity contribution in [2.24, 2.45) is 11.3 Å². The summed E-state index contributed by atoms with van der Waals surface area (Å²) in [4.78, 5) is 24.8. The first-order valence-electron chi connectivity index (χ1n) is 12.1. The predicted octanol–water partition coefficient (Wildman–Crippen LogP) is 5.94. The lowest BCUT2D eigenvalue weighted by Crippen LogP contribution is -2.46. The Kier molecular flexibility index (Phi) is 6.87. The number of carbonyl (C=O) groups is 2. The number of hydrogen-bond acceptors (Lipinski definition) is 5. The van der Waals surface area contributed by atoms with E-state index in [-0.39, 0.29) is 11.7 Å². The molecular weight excluding hydrogens is 432 g/mol. The molecule has 1 unspecified atom stereocenters. The molecule has 6 heteroatoms. The summed E-state index contributed by atoms with van der Waals surface area (Å²) < 4.78 is 18.1. The van der Waals surface area contributed by atoms with E-state index in [2.05, 4.69) is 0 Å². The largest absolute Gasteiger partial charge is 0.493 e. The van der Waals surface area contributed by atoms with Crippen LogP contribution >= 0.6 is 0 Å². The molecule has 1 saturated carbocycles. The van der Waals surface area contributed by atoms with Gasteiger partial charge in [0.05, 0.1) is 19.6 Å². The van der Waals surface area contributed by atoms with Crippen LogP contribution in [0.25, 0.3) is 11.1 Å². The van der Waals surface area contributed by atoms with Crippen LogP contribution in [0, 0.1) is 11.3 Å². The van der Waals surface area contributed by atoms with Crippen molar-refractivity contribution in [2.45, 2.75) is 64.9 Å². The van der Waals surface area contributed by atoms with Crippen LogP contribution in [0.2, 0.25) is 0 Å². The number of carboxylic acids is 1. The van der Waals surface area contributed by atoms with E-state index in [1.165, 1.54) is 0 Å². The average molecular weight is 467 g/mol. The number of ether oxygens (including phenoxy) is 3. The van der Waals surface area contributed by atoms with E-state index in [9.17, 15) is 14.7 Å². The molecule has 0 heterocycles. The van der Waals surface area contributed by atoms with Crippen molar-refractivity contribution in [2.75, 3.05) is 14.2 Å². The highest BCUT2D eigenvalue weighted by atomic mass is 16.5. The van der Waals surface area contributed by atoms with Crippen LogP contribution in [-0.2, 0) is 11.2 Å². The van der Waals surface area contributed by atoms with Crippen LogP contribution in [0.4, 0.5) is 0 Å². The molecule has 0 amide bonds. The topological polar surface area (TPSA) is 82.1 Å². The van der Waals surface area contributed by atoms with Crippen molar-refractivity contribution < 1.29 is 28.9 Å². The summed E-state index contributed by atoms with van der Waals surface area (Å²) in [5, 5.41) is 10.1. The molecule has 2 aliphatic rings. The van der Waals surface area contributed by atoms with Gasteiger partial charge in [-0.1, -0.05) is 37.5 Å². The van der Waals surface area contributed by atoms with Crippen molar-refractivity contribution in [3.05, 3.63) is 41.5 Å². The third-order valence-electron chi connectivity index (χ3n) is 7.45. The lowest BCUT2D eigenvalue weighted by molar-refractivity contribution is -0.155. The first-order valence-corrected chi connectivity index (χ1v) is 12.1. The number of carbonyl (C=O) groups excluding carboxylic acids is 1. The van der Waals surface area contributed by atoms with Gasteiger partial charge in [0, 0.05) is 17.5 Å². The number of Topliss-reactive ketones (excluding diaryl/α,β-unsaturated/α-hetero) is 1. The van der Waals surface area contributed by atoms with Gasteiger partial charge in [0.25, 0.3) is 0 Å². The second-order valence-corrected chi connectivity index (χ2v) is 9.90. The highest BCUT2D eigenvalue weighted by molar-refractivity contribution is 6.02. The first kappa shape index (κ1) is 24.1. The van der Waals surface area contributed by atoms with E-state index < -0.39 is 17.5 Å². The standard InChI is InChI=1S/C28H34O6/c1-28(2,27(30)31)26(17-9-6-5-7-10-17)34-24-21(14-16-23(32-3)25(24)33-4)18-11-8-12-20-19(18)13-15-22(20)29/h8,11-12,14,16-17,26H,5-7,9-10,13,15H2,1-4H3,(H,30,31). The van der Waals surface area contributed by atoms with Gasteiger partial charge in [-0.05, 0) is 62.3 Å². The van der Waals surface area contributed by atoms with Crippen molar-refractivity contribution in [1.29, 1.82) is 0 Å². The Balaban J connectivity index is 1.89. The predicted molar refractivity (Wildman–Crippen MR) is 130 cm³/mol. The summed E-state index contributed by atoms with van der Waals surface area (Å²) >= 11 is 0. The van der Waals surface area contributed by atoms with Gasteiger partial charge in [-0.3, -0.25) is 9.59 Å². The fourth-order valence-corrected chi connectivity index (χ4v) is 5.49. The molecule has 4 rings (SSSR count). The molecule has 1 atom stereocenters. The highest BCUT2D eigenvalue weighted by Gasteiger charge is 2.44. The van der Waals surface area contributed by atoms with Gasteiger partial charge in [-0.15, -0.1) is 0 Å². The Morgan fingerprint density at radius 2 is 1.65 bits per heavy atom. The molecule has 2 aromatic rings. The minimum absolute atomic E-state index is 0.117. The Hall–Kier alpha value is -3.02. The molecular formula is C28H34O6. The maximum atomic E-state index is 12.4. The second-order valence-electron chi connectivity index (χ2n) is 9.90. The third kappa shape index (κ3) is 4.26. The van der Waals surface area contributed by atoms with E-state index >= 15 is 0 Å². The zero-order chi connectivity index (χ0) is 24.5. The number of ketones is 1. The van der Waals surface area contributed by atoms with Gasteiger partial charge in [0.1, 0.15) is 6.10 Å². The SMILES string of the molecule is COc1ccc(-c2cccc3c2CCC3=O)c(OC(C2CCCCC2)C(C)(C)C(=O)O)c1OC. The fraction of sp³-hybridized carbons (Fsp3) is 0.500. The highest BCUT2D eigenvalue weighted by Crippen LogP contribution is 2.49. The molecule has 34 heavy (non-hydrogen) atoms. The summed E-state index contributed by atoms with van der Waals surface area (Å²) in [5.41, 5.74) is 2.33. The van der Waals surface area contributed by atoms with E-state index in [1.54, 1.807) is 28.1 Å². The summed E-state index contributed by atoms with van der Waals surface area (Å²) in [6.45, 7) is 3.47. The average Bonchev–Trinajstić information content (AvgIpc) is 3.23. The third-order valence-corrected chi connectivity index (χ3v) is 7.45. The van der Waals surface area contributed by atoms with Gasteiger partial charge in [-0.25, -0.2) is 0 Å². The molecule has 6 nitrogen and oxygen atoms in total. The van der Waals surface area contributed by atoms with Crippen molar-refractivity contribution in [1.82, 2.24) is 0 Å². The zero-order valence-electron chi connectivity index (χ0n) is 20.5. The van der Waals surface area contributed by atoms with Crippen LogP contribution < -0.4 is 14.2 Å². The monoisotopic (exact) mass is 466 g/mol. The maximum absolute atomic E-state index is 12.4. The molecule has 2 aromatic carbocycles. The summed E-state index contributed by atoms with van der Waals surface area (Å²) in [6, 6.07) is 9.49. The van der Waals surface area contributed by atoms with E-state index in [0.717, 1.165) is 54.4 Å². The summed E-state index contributed by atoms with van der Waals surface area (Å²) in [6.07, 6.45) is 5.76. The Bertz CT molecular complexity index is 1080.